The first kappa shape index (κ1) is 14.4. The molecule has 20 heavy (non-hydrogen) atoms. The number of ether oxygens (including phenoxy) is 1. The van der Waals surface area contributed by atoms with Gasteiger partial charge in [-0.2, -0.15) is 0 Å². The van der Waals surface area contributed by atoms with Crippen LogP contribution in [0.4, 0.5) is 0 Å². The molecule has 1 heterocycles. The molecular formula is C15H15NO3S. The van der Waals surface area contributed by atoms with Crippen LogP contribution in [0.3, 0.4) is 0 Å². The minimum absolute atomic E-state index is 0.324. The number of aryl methyl sites for hydroxylation is 1. The van der Waals surface area contributed by atoms with E-state index < -0.39 is 16.8 Å². The Morgan fingerprint density at radius 1 is 1.20 bits per heavy atom. The number of nitrogens with zero attached hydrogens (tertiary/aromatic N) is 1. The number of carbonyl (C=O) groups excluding carboxylic acids is 1. The lowest BCUT2D eigenvalue weighted by Gasteiger charge is -2.04. The molecule has 0 aliphatic heterocycles. The molecule has 0 bridgehead atoms. The molecule has 104 valence electrons. The lowest BCUT2D eigenvalue weighted by atomic mass is 10.2. The Morgan fingerprint density at radius 3 is 2.45 bits per heavy atom. The molecule has 0 amide bonds. The van der Waals surface area contributed by atoms with Crippen LogP contribution in [0.1, 0.15) is 21.6 Å². The van der Waals surface area contributed by atoms with Gasteiger partial charge in [-0.25, -0.2) is 4.79 Å². The van der Waals surface area contributed by atoms with Crippen LogP contribution in [0, 0.1) is 6.92 Å². The van der Waals surface area contributed by atoms with Crippen LogP contribution < -0.4 is 0 Å². The molecule has 0 aliphatic rings. The third-order valence-corrected chi connectivity index (χ3v) is 4.16. The average molecular weight is 289 g/mol. The summed E-state index contributed by atoms with van der Waals surface area (Å²) in [5, 5.41) is 0. The van der Waals surface area contributed by atoms with Crippen LogP contribution in [-0.4, -0.2) is 22.3 Å². The van der Waals surface area contributed by atoms with Gasteiger partial charge >= 0.3 is 5.97 Å². The van der Waals surface area contributed by atoms with Gasteiger partial charge in [-0.15, -0.1) is 0 Å². The minimum atomic E-state index is -1.14. The van der Waals surface area contributed by atoms with Gasteiger partial charge in [-0.1, -0.05) is 17.7 Å². The van der Waals surface area contributed by atoms with Gasteiger partial charge in [0.05, 0.1) is 34.9 Å². The number of hydrogen-bond donors (Lipinski definition) is 0. The van der Waals surface area contributed by atoms with Gasteiger partial charge in [0.2, 0.25) is 0 Å². The third-order valence-electron chi connectivity index (χ3n) is 2.81. The van der Waals surface area contributed by atoms with Gasteiger partial charge in [-0.05, 0) is 31.2 Å². The molecule has 0 spiro atoms. The molecule has 0 N–H and O–H groups in total. The molecule has 1 aromatic heterocycles. The van der Waals surface area contributed by atoms with Crippen LogP contribution in [0.15, 0.2) is 47.5 Å². The minimum Gasteiger partial charge on any atom is -0.465 e. The fourth-order valence-corrected chi connectivity index (χ4v) is 2.70. The molecule has 1 aromatic carbocycles. The second-order valence-electron chi connectivity index (χ2n) is 4.33. The molecule has 4 nitrogen and oxygen atoms in total. The number of methoxy groups -OCH3 is 1. The van der Waals surface area contributed by atoms with Crippen molar-refractivity contribution in [1.29, 1.82) is 0 Å². The normalized spacial score (nSPS) is 11.9. The number of carbonyl (C=O) groups is 1. The zero-order valence-corrected chi connectivity index (χ0v) is 12.1. The molecule has 0 fully saturated rings. The molecule has 0 saturated heterocycles. The summed E-state index contributed by atoms with van der Waals surface area (Å²) >= 11 is 0. The Balaban J connectivity index is 2.08. The van der Waals surface area contributed by atoms with Crippen LogP contribution in [0.5, 0.6) is 0 Å². The fourth-order valence-electron chi connectivity index (χ4n) is 1.66. The zero-order chi connectivity index (χ0) is 14.5. The van der Waals surface area contributed by atoms with E-state index in [-0.39, 0.29) is 0 Å². The van der Waals surface area contributed by atoms with Crippen molar-refractivity contribution in [2.75, 3.05) is 7.11 Å². The van der Waals surface area contributed by atoms with E-state index in [0.717, 1.165) is 10.5 Å². The summed E-state index contributed by atoms with van der Waals surface area (Å²) in [6.07, 6.45) is 1.44. The maximum absolute atomic E-state index is 12.2. The van der Waals surface area contributed by atoms with Gasteiger partial charge in [-0.3, -0.25) is 9.19 Å². The van der Waals surface area contributed by atoms with E-state index in [9.17, 15) is 9.00 Å². The average Bonchev–Trinajstić information content (AvgIpc) is 2.48. The first-order chi connectivity index (χ1) is 9.60. The Hall–Kier alpha value is -2.01. The smallest absolute Gasteiger partial charge is 0.339 e. The van der Waals surface area contributed by atoms with Crippen LogP contribution in [0.2, 0.25) is 0 Å². The number of hydrogen-bond acceptors (Lipinski definition) is 4. The predicted octanol–water partition coefficient (Wildman–Crippen LogP) is 2.48. The Labute approximate surface area is 120 Å². The molecule has 1 unspecified atom stereocenters. The molecule has 2 rings (SSSR count). The van der Waals surface area contributed by atoms with Crippen molar-refractivity contribution in [2.24, 2.45) is 0 Å². The summed E-state index contributed by atoms with van der Waals surface area (Å²) in [7, 11) is 0.182. The molecular weight excluding hydrogens is 274 g/mol. The fraction of sp³-hybridized carbons (Fsp3) is 0.200. The highest BCUT2D eigenvalue weighted by Crippen LogP contribution is 2.12. The van der Waals surface area contributed by atoms with Gasteiger partial charge < -0.3 is 4.74 Å². The molecule has 0 saturated carbocycles. The highest BCUT2D eigenvalue weighted by molar-refractivity contribution is 7.84. The van der Waals surface area contributed by atoms with E-state index in [1.807, 2.05) is 31.2 Å². The van der Waals surface area contributed by atoms with Crippen molar-refractivity contribution in [1.82, 2.24) is 4.98 Å². The summed E-state index contributed by atoms with van der Waals surface area (Å²) in [6.45, 7) is 1.99. The number of esters is 1. The molecule has 5 heteroatoms. The van der Waals surface area contributed by atoms with Crippen molar-refractivity contribution in [3.8, 4) is 0 Å². The number of benzene rings is 1. The topological polar surface area (TPSA) is 56.3 Å². The third kappa shape index (κ3) is 3.51. The van der Waals surface area contributed by atoms with E-state index in [0.29, 0.717) is 17.0 Å². The first-order valence-electron chi connectivity index (χ1n) is 6.08. The van der Waals surface area contributed by atoms with Crippen molar-refractivity contribution < 1.29 is 13.7 Å². The van der Waals surface area contributed by atoms with E-state index >= 15 is 0 Å². The van der Waals surface area contributed by atoms with Crippen LogP contribution >= 0.6 is 0 Å². The molecule has 0 aliphatic carbocycles. The maximum atomic E-state index is 12.2. The first-order valence-corrected chi connectivity index (χ1v) is 7.40. The zero-order valence-electron chi connectivity index (χ0n) is 11.3. The van der Waals surface area contributed by atoms with Crippen molar-refractivity contribution in [2.45, 2.75) is 17.6 Å². The quantitative estimate of drug-likeness (QED) is 0.811. The number of rotatable bonds is 4. The Morgan fingerprint density at radius 2 is 1.90 bits per heavy atom. The van der Waals surface area contributed by atoms with Crippen molar-refractivity contribution >= 4 is 16.8 Å². The maximum Gasteiger partial charge on any atom is 0.339 e. The highest BCUT2D eigenvalue weighted by atomic mass is 32.2. The number of pyridine rings is 1. The van der Waals surface area contributed by atoms with Gasteiger partial charge in [0.25, 0.3) is 0 Å². The van der Waals surface area contributed by atoms with Crippen molar-refractivity contribution in [3.63, 3.8) is 0 Å². The monoisotopic (exact) mass is 289 g/mol. The highest BCUT2D eigenvalue weighted by Gasteiger charge is 2.09. The van der Waals surface area contributed by atoms with E-state index in [1.54, 1.807) is 12.1 Å². The van der Waals surface area contributed by atoms with Crippen LogP contribution in [-0.2, 0) is 21.3 Å². The second kappa shape index (κ2) is 6.43. The second-order valence-corrected chi connectivity index (χ2v) is 5.78. The largest absolute Gasteiger partial charge is 0.465 e. The van der Waals surface area contributed by atoms with Crippen LogP contribution in [0.25, 0.3) is 0 Å². The van der Waals surface area contributed by atoms with E-state index in [4.69, 9.17) is 0 Å². The summed E-state index contributed by atoms with van der Waals surface area (Å²) in [5.74, 6) is -0.103. The van der Waals surface area contributed by atoms with E-state index in [2.05, 4.69) is 9.72 Å². The van der Waals surface area contributed by atoms with Gasteiger partial charge in [0.15, 0.2) is 0 Å². The van der Waals surface area contributed by atoms with E-state index in [1.165, 1.54) is 13.3 Å². The predicted molar refractivity (Wildman–Crippen MR) is 76.9 cm³/mol. The molecule has 1 atom stereocenters. The SMILES string of the molecule is COC(=O)c1ccc(CS(=O)c2ccc(C)cc2)nc1. The van der Waals surface area contributed by atoms with Gasteiger partial charge in [0, 0.05) is 11.1 Å². The lowest BCUT2D eigenvalue weighted by molar-refractivity contribution is 0.0600. The van der Waals surface area contributed by atoms with Crippen molar-refractivity contribution in [3.05, 3.63) is 59.4 Å². The summed E-state index contributed by atoms with van der Waals surface area (Å²) < 4.78 is 16.8. The summed E-state index contributed by atoms with van der Waals surface area (Å²) in [6, 6.07) is 10.9. The lowest BCUT2D eigenvalue weighted by Crippen LogP contribution is -2.04. The van der Waals surface area contributed by atoms with Gasteiger partial charge in [0.1, 0.15) is 0 Å². The standard InChI is InChI=1S/C15H15NO3S/c1-11-3-7-14(8-4-11)20(18)10-13-6-5-12(9-16-13)15(17)19-2/h3-9H,10H2,1-2H3. The summed E-state index contributed by atoms with van der Waals surface area (Å²) in [5.41, 5.74) is 2.19. The summed E-state index contributed by atoms with van der Waals surface area (Å²) in [4.78, 5) is 16.2. The Bertz CT molecular complexity index is 621. The molecule has 2 aromatic rings. The Kier molecular flexibility index (Phi) is 4.63. The number of aromatic nitrogens is 1. The molecule has 0 radical (unpaired) electrons.